The van der Waals surface area contributed by atoms with E-state index in [4.69, 9.17) is 0 Å². The first-order valence-electron chi connectivity index (χ1n) is 5.10. The summed E-state index contributed by atoms with van der Waals surface area (Å²) in [6, 6.07) is 0. The monoisotopic (exact) mass is 234 g/mol. The van der Waals surface area contributed by atoms with Gasteiger partial charge in [-0.1, -0.05) is 0 Å². The molecule has 0 saturated carbocycles. The van der Waals surface area contributed by atoms with Crippen LogP contribution in [0.5, 0.6) is 0 Å². The molecule has 0 aromatic rings. The van der Waals surface area contributed by atoms with Crippen molar-refractivity contribution < 1.29 is 20.3 Å². The number of hydrogen-bond donors (Lipinski definition) is 0. The Hall–Kier alpha value is 0.883. The third-order valence-corrected chi connectivity index (χ3v) is 18.3. The SMILES string of the molecule is C[CH2][Zr]([CH2]C)([CH2]C)[CH2]C(C)C. The van der Waals surface area contributed by atoms with Gasteiger partial charge in [-0.25, -0.2) is 0 Å². The number of hydrogen-bond acceptors (Lipinski definition) is 0. The number of rotatable bonds is 5. The normalized spacial score (nSPS) is 12.5. The molecule has 0 radical (unpaired) electrons. The molecule has 0 bridgehead atoms. The Morgan fingerprint density at radius 1 is 0.909 bits per heavy atom. The molecule has 0 nitrogen and oxygen atoms in total. The van der Waals surface area contributed by atoms with Crippen molar-refractivity contribution in [1.82, 2.24) is 0 Å². The molecule has 0 heterocycles. The summed E-state index contributed by atoms with van der Waals surface area (Å²) in [6.45, 7) is 12.0. The van der Waals surface area contributed by atoms with Crippen molar-refractivity contribution in [3.8, 4) is 0 Å². The van der Waals surface area contributed by atoms with E-state index in [1.807, 2.05) is 0 Å². The van der Waals surface area contributed by atoms with E-state index >= 15 is 0 Å². The second kappa shape index (κ2) is 5.52. The standard InChI is InChI=1S/C4H9.3C2H5.Zr/c1-4(2)3;3*1-2;/h4H,1H2,2-3H3;3*1H2,2H3;. The van der Waals surface area contributed by atoms with Crippen LogP contribution in [0.3, 0.4) is 0 Å². The Morgan fingerprint density at radius 3 is 1.36 bits per heavy atom. The predicted molar refractivity (Wildman–Crippen MR) is 51.1 cm³/mol. The first-order chi connectivity index (χ1) is 5.10. The minimum atomic E-state index is -1.51. The van der Waals surface area contributed by atoms with Gasteiger partial charge in [0.05, 0.1) is 0 Å². The van der Waals surface area contributed by atoms with Crippen molar-refractivity contribution in [2.45, 2.75) is 51.1 Å². The van der Waals surface area contributed by atoms with Crippen LogP contribution in [0.4, 0.5) is 0 Å². The zero-order valence-corrected chi connectivity index (χ0v) is 11.4. The van der Waals surface area contributed by atoms with E-state index in [-0.39, 0.29) is 0 Å². The van der Waals surface area contributed by atoms with Gasteiger partial charge in [0.25, 0.3) is 0 Å². The zero-order valence-electron chi connectivity index (χ0n) is 8.91. The Bertz CT molecular complexity index is 84.8. The molecule has 0 aliphatic heterocycles. The third kappa shape index (κ3) is 3.88. The molecule has 68 valence electrons. The van der Waals surface area contributed by atoms with Crippen molar-refractivity contribution in [3.63, 3.8) is 0 Å². The van der Waals surface area contributed by atoms with Gasteiger partial charge in [0.1, 0.15) is 0 Å². The van der Waals surface area contributed by atoms with E-state index in [9.17, 15) is 0 Å². The first kappa shape index (κ1) is 11.9. The van der Waals surface area contributed by atoms with Crippen molar-refractivity contribution >= 4 is 0 Å². The average Bonchev–Trinajstić information content (AvgIpc) is 2.00. The third-order valence-electron chi connectivity index (χ3n) is 3.09. The molecule has 0 saturated heterocycles. The van der Waals surface area contributed by atoms with Gasteiger partial charge in [-0.2, -0.15) is 0 Å². The summed E-state index contributed by atoms with van der Waals surface area (Å²) in [5.41, 5.74) is 0. The van der Waals surface area contributed by atoms with Crippen LogP contribution in [0.15, 0.2) is 0 Å². The van der Waals surface area contributed by atoms with Crippen molar-refractivity contribution in [1.29, 1.82) is 0 Å². The van der Waals surface area contributed by atoms with E-state index in [1.165, 1.54) is 0 Å². The maximum atomic E-state index is 2.42. The molecule has 0 amide bonds. The first-order valence-corrected chi connectivity index (χ1v) is 12.1. The van der Waals surface area contributed by atoms with Crippen molar-refractivity contribution in [2.24, 2.45) is 5.92 Å². The van der Waals surface area contributed by atoms with Gasteiger partial charge in [-0.05, 0) is 0 Å². The van der Waals surface area contributed by atoms with Gasteiger partial charge in [-0.3, -0.25) is 0 Å². The zero-order chi connectivity index (χ0) is 8.91. The molecule has 0 N–H and O–H groups in total. The fraction of sp³-hybridized carbons (Fsp3) is 1.00. The Kier molecular flexibility index (Phi) is 5.96. The van der Waals surface area contributed by atoms with Crippen LogP contribution >= 0.6 is 0 Å². The summed E-state index contributed by atoms with van der Waals surface area (Å²) in [5.74, 6) is 0.950. The van der Waals surface area contributed by atoms with Crippen molar-refractivity contribution in [3.05, 3.63) is 0 Å². The Morgan fingerprint density at radius 2 is 1.27 bits per heavy atom. The van der Waals surface area contributed by atoms with E-state index in [1.54, 1.807) is 16.5 Å². The van der Waals surface area contributed by atoms with Crippen LogP contribution in [-0.2, 0) is 20.3 Å². The second-order valence-corrected chi connectivity index (χ2v) is 17.8. The minimum absolute atomic E-state index is 0.950. The summed E-state index contributed by atoms with van der Waals surface area (Å²) in [6.07, 6.45) is 0. The predicted octanol–water partition coefficient (Wildman–Crippen LogP) is 4.53. The molecule has 0 aliphatic rings. The average molecular weight is 236 g/mol. The van der Waals surface area contributed by atoms with E-state index in [0.717, 1.165) is 5.92 Å². The molecule has 11 heavy (non-hydrogen) atoms. The molecule has 0 rings (SSSR count). The van der Waals surface area contributed by atoms with Crippen molar-refractivity contribution in [2.75, 3.05) is 0 Å². The van der Waals surface area contributed by atoms with Gasteiger partial charge in [-0.15, -0.1) is 0 Å². The molecule has 1 heteroatoms. The topological polar surface area (TPSA) is 0 Å². The van der Waals surface area contributed by atoms with Crippen LogP contribution in [0.1, 0.15) is 34.6 Å². The molecule has 0 atom stereocenters. The van der Waals surface area contributed by atoms with Crippen LogP contribution in [0.25, 0.3) is 0 Å². The molecule has 0 fully saturated rings. The van der Waals surface area contributed by atoms with E-state index in [0.29, 0.717) is 0 Å². The summed E-state index contributed by atoms with van der Waals surface area (Å²) < 4.78 is 6.28. The van der Waals surface area contributed by atoms with Gasteiger partial charge < -0.3 is 0 Å². The van der Waals surface area contributed by atoms with Gasteiger partial charge in [0, 0.05) is 0 Å². The fourth-order valence-corrected chi connectivity index (χ4v) is 12.1. The second-order valence-electron chi connectivity index (χ2n) is 4.16. The molecule has 0 aromatic carbocycles. The molecular formula is C10H24Zr. The van der Waals surface area contributed by atoms with Crippen LogP contribution in [0.2, 0.25) is 16.5 Å². The van der Waals surface area contributed by atoms with Crippen LogP contribution < -0.4 is 0 Å². The molecule has 0 aliphatic carbocycles. The summed E-state index contributed by atoms with van der Waals surface area (Å²) in [5, 5.41) is 0. The summed E-state index contributed by atoms with van der Waals surface area (Å²) in [7, 11) is 0. The maximum absolute atomic E-state index is 2.42. The molecule has 0 unspecified atom stereocenters. The van der Waals surface area contributed by atoms with E-state index in [2.05, 4.69) is 34.6 Å². The van der Waals surface area contributed by atoms with Gasteiger partial charge in [0.15, 0.2) is 0 Å². The Balaban J connectivity index is 4.05. The summed E-state index contributed by atoms with van der Waals surface area (Å²) >= 11 is -1.51. The van der Waals surface area contributed by atoms with E-state index < -0.39 is 20.3 Å². The van der Waals surface area contributed by atoms with Gasteiger partial charge >= 0.3 is 77.3 Å². The van der Waals surface area contributed by atoms with Gasteiger partial charge in [0.2, 0.25) is 0 Å². The molecule has 0 aromatic heterocycles. The quantitative estimate of drug-likeness (QED) is 0.657. The molecular weight excluding hydrogens is 211 g/mol. The van der Waals surface area contributed by atoms with Crippen LogP contribution in [0, 0.1) is 5.92 Å². The molecule has 0 spiro atoms. The fourth-order valence-electron chi connectivity index (χ4n) is 2.05. The Labute approximate surface area is 77.2 Å². The van der Waals surface area contributed by atoms with Crippen LogP contribution in [-0.4, -0.2) is 0 Å². The summed E-state index contributed by atoms with van der Waals surface area (Å²) in [4.78, 5) is 0.